The molecular weight excluding hydrogens is 490 g/mol. The number of ether oxygens (including phenoxy) is 1. The number of nitrogens with one attached hydrogen (secondary N) is 1. The van der Waals surface area contributed by atoms with Crippen molar-refractivity contribution in [3.8, 4) is 5.75 Å². The van der Waals surface area contributed by atoms with Crippen LogP contribution >= 0.6 is 15.9 Å². The zero-order valence-corrected chi connectivity index (χ0v) is 21.7. The first-order valence-corrected chi connectivity index (χ1v) is 14.5. The van der Waals surface area contributed by atoms with Gasteiger partial charge in [0.15, 0.2) is 0 Å². The van der Waals surface area contributed by atoms with E-state index in [1.54, 1.807) is 11.4 Å². The lowest BCUT2D eigenvalue weighted by molar-refractivity contribution is 0.244. The van der Waals surface area contributed by atoms with Crippen LogP contribution in [0.3, 0.4) is 0 Å². The molecule has 6 nitrogen and oxygen atoms in total. The summed E-state index contributed by atoms with van der Waals surface area (Å²) in [5, 5.41) is 0. The van der Waals surface area contributed by atoms with Gasteiger partial charge in [-0.25, -0.2) is 0 Å². The number of rotatable bonds is 9. The fourth-order valence-electron chi connectivity index (χ4n) is 5.58. The van der Waals surface area contributed by atoms with Crippen LogP contribution in [0.2, 0.25) is 0 Å². The van der Waals surface area contributed by atoms with Crippen molar-refractivity contribution < 1.29 is 13.2 Å². The normalized spacial score (nSPS) is 27.8. The maximum atomic E-state index is 12.5. The third-order valence-corrected chi connectivity index (χ3v) is 10.0. The van der Waals surface area contributed by atoms with Gasteiger partial charge in [0.25, 0.3) is 10.2 Å². The van der Waals surface area contributed by atoms with Crippen LogP contribution in [-0.4, -0.2) is 63.5 Å². The molecule has 2 saturated heterocycles. The molecule has 8 heteroatoms. The molecule has 3 aliphatic rings. The summed E-state index contributed by atoms with van der Waals surface area (Å²) >= 11 is 3.69. The number of hydrogen-bond acceptors (Lipinski definition) is 4. The SMILES string of the molecule is COc1ccc(Br)c(CC2CCN(CCC3CCC(NS(=O)(=O)N4CCCC4)CC3)C2)c1. The Bertz CT molecular complexity index is 852. The minimum atomic E-state index is -3.28. The summed E-state index contributed by atoms with van der Waals surface area (Å²) in [6, 6.07) is 6.36. The molecule has 3 fully saturated rings. The summed E-state index contributed by atoms with van der Waals surface area (Å²) < 4.78 is 36.2. The molecule has 2 aliphatic heterocycles. The van der Waals surface area contributed by atoms with Crippen LogP contribution in [0.5, 0.6) is 5.75 Å². The minimum Gasteiger partial charge on any atom is -0.497 e. The predicted octanol–water partition coefficient (Wildman–Crippen LogP) is 4.20. The first kappa shape index (κ1) is 24.5. The molecule has 1 aromatic carbocycles. The largest absolute Gasteiger partial charge is 0.497 e. The summed E-state index contributed by atoms with van der Waals surface area (Å²) in [4.78, 5) is 2.63. The Morgan fingerprint density at radius 1 is 1.06 bits per heavy atom. The second kappa shape index (κ2) is 11.2. The zero-order chi connectivity index (χ0) is 22.6. The Morgan fingerprint density at radius 3 is 2.53 bits per heavy atom. The van der Waals surface area contributed by atoms with E-state index in [2.05, 4.69) is 37.7 Å². The van der Waals surface area contributed by atoms with Crippen LogP contribution < -0.4 is 9.46 Å². The van der Waals surface area contributed by atoms with Crippen molar-refractivity contribution in [2.75, 3.05) is 39.8 Å². The van der Waals surface area contributed by atoms with Gasteiger partial charge in [-0.05, 0) is 106 Å². The Labute approximate surface area is 202 Å². The highest BCUT2D eigenvalue weighted by molar-refractivity contribution is 9.10. The predicted molar refractivity (Wildman–Crippen MR) is 132 cm³/mol. The molecule has 4 rings (SSSR count). The van der Waals surface area contributed by atoms with Crippen molar-refractivity contribution in [2.24, 2.45) is 11.8 Å². The Hall–Kier alpha value is -0.670. The van der Waals surface area contributed by atoms with Gasteiger partial charge in [0.2, 0.25) is 0 Å². The van der Waals surface area contributed by atoms with Gasteiger partial charge in [-0.1, -0.05) is 15.9 Å². The van der Waals surface area contributed by atoms with Crippen LogP contribution in [-0.2, 0) is 16.6 Å². The summed E-state index contributed by atoms with van der Waals surface area (Å²) in [5.41, 5.74) is 1.34. The van der Waals surface area contributed by atoms with Gasteiger partial charge in [-0.2, -0.15) is 17.4 Å². The van der Waals surface area contributed by atoms with E-state index in [1.165, 1.54) is 42.5 Å². The Balaban J connectivity index is 1.16. The van der Waals surface area contributed by atoms with Crippen LogP contribution in [0.1, 0.15) is 56.9 Å². The van der Waals surface area contributed by atoms with E-state index < -0.39 is 10.2 Å². The van der Waals surface area contributed by atoms with Crippen molar-refractivity contribution in [3.63, 3.8) is 0 Å². The van der Waals surface area contributed by atoms with E-state index >= 15 is 0 Å². The first-order chi connectivity index (χ1) is 15.4. The summed E-state index contributed by atoms with van der Waals surface area (Å²) in [6.45, 7) is 4.89. The summed E-state index contributed by atoms with van der Waals surface area (Å²) in [7, 11) is -1.56. The molecule has 1 aromatic rings. The molecule has 180 valence electrons. The molecular formula is C24H38BrN3O3S. The molecule has 1 N–H and O–H groups in total. The van der Waals surface area contributed by atoms with Crippen LogP contribution in [0.15, 0.2) is 22.7 Å². The molecule has 0 amide bonds. The second-order valence-electron chi connectivity index (χ2n) is 9.85. The standard InChI is InChI=1S/C24H38BrN3O3S/c1-31-23-8-9-24(25)21(17-23)16-20-11-15-27(18-20)14-10-19-4-6-22(7-5-19)26-32(29,30)28-12-2-3-13-28/h8-9,17,19-20,22,26H,2-7,10-16,18H2,1H3. The second-order valence-corrected chi connectivity index (χ2v) is 12.4. The number of benzene rings is 1. The number of halogens is 1. The van der Waals surface area contributed by atoms with Gasteiger partial charge < -0.3 is 9.64 Å². The summed E-state index contributed by atoms with van der Waals surface area (Å²) in [5.74, 6) is 2.36. The summed E-state index contributed by atoms with van der Waals surface area (Å²) in [6.07, 6.45) is 9.80. The number of methoxy groups -OCH3 is 1. The smallest absolute Gasteiger partial charge is 0.279 e. The van der Waals surface area contributed by atoms with Gasteiger partial charge >= 0.3 is 0 Å². The molecule has 0 aromatic heterocycles. The number of hydrogen-bond donors (Lipinski definition) is 1. The molecule has 1 saturated carbocycles. The molecule has 0 bridgehead atoms. The van der Waals surface area contributed by atoms with E-state index in [9.17, 15) is 8.42 Å². The molecule has 2 heterocycles. The van der Waals surface area contributed by atoms with Gasteiger partial charge in [-0.15, -0.1) is 0 Å². The highest BCUT2D eigenvalue weighted by atomic mass is 79.9. The maximum absolute atomic E-state index is 12.5. The zero-order valence-electron chi connectivity index (χ0n) is 19.3. The highest BCUT2D eigenvalue weighted by Gasteiger charge is 2.30. The number of likely N-dealkylation sites (tertiary alicyclic amines) is 1. The average molecular weight is 529 g/mol. The van der Waals surface area contributed by atoms with Crippen LogP contribution in [0.25, 0.3) is 0 Å². The monoisotopic (exact) mass is 527 g/mol. The molecule has 0 spiro atoms. The van der Waals surface area contributed by atoms with Gasteiger partial charge in [0.1, 0.15) is 5.75 Å². The third kappa shape index (κ3) is 6.47. The van der Waals surface area contributed by atoms with Crippen molar-refractivity contribution in [1.29, 1.82) is 0 Å². The van der Waals surface area contributed by atoms with Crippen molar-refractivity contribution in [3.05, 3.63) is 28.2 Å². The molecule has 1 unspecified atom stereocenters. The van der Waals surface area contributed by atoms with E-state index in [0.29, 0.717) is 19.0 Å². The van der Waals surface area contributed by atoms with E-state index in [4.69, 9.17) is 4.74 Å². The molecule has 32 heavy (non-hydrogen) atoms. The molecule has 0 radical (unpaired) electrons. The Morgan fingerprint density at radius 2 is 1.81 bits per heavy atom. The third-order valence-electron chi connectivity index (χ3n) is 7.55. The fraction of sp³-hybridized carbons (Fsp3) is 0.750. The first-order valence-electron chi connectivity index (χ1n) is 12.2. The fourth-order valence-corrected chi connectivity index (χ4v) is 7.53. The lowest BCUT2D eigenvalue weighted by Gasteiger charge is -2.31. The van der Waals surface area contributed by atoms with Gasteiger partial charge in [-0.3, -0.25) is 0 Å². The Kier molecular flexibility index (Phi) is 8.54. The molecule has 1 atom stereocenters. The average Bonchev–Trinajstić information content (AvgIpc) is 3.47. The van der Waals surface area contributed by atoms with Crippen molar-refractivity contribution in [1.82, 2.24) is 13.9 Å². The maximum Gasteiger partial charge on any atom is 0.279 e. The topological polar surface area (TPSA) is 61.9 Å². The van der Waals surface area contributed by atoms with Crippen LogP contribution in [0.4, 0.5) is 0 Å². The van der Waals surface area contributed by atoms with E-state index in [-0.39, 0.29) is 6.04 Å². The van der Waals surface area contributed by atoms with Crippen molar-refractivity contribution in [2.45, 2.75) is 63.8 Å². The quantitative estimate of drug-likeness (QED) is 0.522. The van der Waals surface area contributed by atoms with E-state index in [1.807, 2.05) is 6.07 Å². The van der Waals surface area contributed by atoms with Gasteiger partial charge in [0.05, 0.1) is 7.11 Å². The number of nitrogens with zero attached hydrogens (tertiary/aromatic N) is 2. The molecule has 1 aliphatic carbocycles. The lowest BCUT2D eigenvalue weighted by Crippen LogP contribution is -2.45. The van der Waals surface area contributed by atoms with Gasteiger partial charge in [0, 0.05) is 30.1 Å². The highest BCUT2D eigenvalue weighted by Crippen LogP contribution is 2.31. The van der Waals surface area contributed by atoms with Crippen LogP contribution in [0, 0.1) is 11.8 Å². The minimum absolute atomic E-state index is 0.120. The van der Waals surface area contributed by atoms with Crippen molar-refractivity contribution >= 4 is 26.1 Å². The van der Waals surface area contributed by atoms with E-state index in [0.717, 1.165) is 56.6 Å². The lowest BCUT2D eigenvalue weighted by atomic mass is 9.84.